The van der Waals surface area contributed by atoms with Crippen molar-refractivity contribution in [3.8, 4) is 11.5 Å². The second kappa shape index (κ2) is 11.7. The molecule has 5 nitrogen and oxygen atoms in total. The van der Waals surface area contributed by atoms with E-state index in [0.29, 0.717) is 36.4 Å². The highest BCUT2D eigenvalue weighted by Crippen LogP contribution is 2.29. The summed E-state index contributed by atoms with van der Waals surface area (Å²) in [5.74, 6) is 1.39. The Morgan fingerprint density at radius 1 is 0.935 bits per heavy atom. The molecule has 0 aliphatic rings. The number of benzene rings is 3. The maximum Gasteiger partial charge on any atom is 0.187 e. The summed E-state index contributed by atoms with van der Waals surface area (Å²) in [6, 6.07) is 24.1. The third kappa shape index (κ3) is 7.42. The Hall–Kier alpha value is -3.38. The Bertz CT molecular complexity index is 1010. The maximum absolute atomic E-state index is 5.97. The number of hydrogen-bond acceptors (Lipinski definition) is 4. The van der Waals surface area contributed by atoms with Crippen LogP contribution in [0.4, 0.5) is 0 Å². The lowest BCUT2D eigenvalue weighted by atomic mass is 10.2. The van der Waals surface area contributed by atoms with Crippen LogP contribution in [0, 0.1) is 6.92 Å². The molecule has 0 amide bonds. The minimum Gasteiger partial charge on any atom is -0.490 e. The van der Waals surface area contributed by atoms with E-state index in [0.717, 1.165) is 16.7 Å². The summed E-state index contributed by atoms with van der Waals surface area (Å²) in [7, 11) is 0. The first-order chi connectivity index (χ1) is 15.1. The Morgan fingerprint density at radius 2 is 1.71 bits per heavy atom. The number of thiocarbonyl (C=S) groups is 1. The molecule has 0 aliphatic carbocycles. The molecule has 3 aromatic rings. The monoisotopic (exact) mass is 433 g/mol. The van der Waals surface area contributed by atoms with Gasteiger partial charge < -0.3 is 14.8 Å². The fourth-order valence-electron chi connectivity index (χ4n) is 2.82. The summed E-state index contributed by atoms with van der Waals surface area (Å²) in [6.45, 7) is 5.69. The molecule has 2 N–H and O–H groups in total. The lowest BCUT2D eigenvalue weighted by molar-refractivity contribution is 0.269. The minimum absolute atomic E-state index is 0.461. The Labute approximate surface area is 189 Å². The summed E-state index contributed by atoms with van der Waals surface area (Å²) in [4.78, 5) is 0. The topological polar surface area (TPSA) is 54.9 Å². The summed E-state index contributed by atoms with van der Waals surface area (Å²) < 4.78 is 11.7. The number of nitrogens with zero attached hydrogens (tertiary/aromatic N) is 1. The van der Waals surface area contributed by atoms with E-state index in [1.54, 1.807) is 6.21 Å². The molecule has 0 unspecified atom stereocenters. The number of hydrazone groups is 1. The van der Waals surface area contributed by atoms with Crippen molar-refractivity contribution in [1.82, 2.24) is 10.7 Å². The van der Waals surface area contributed by atoms with Gasteiger partial charge in [0.05, 0.1) is 12.8 Å². The quantitative estimate of drug-likeness (QED) is 0.283. The van der Waals surface area contributed by atoms with Gasteiger partial charge in [0.1, 0.15) is 6.61 Å². The van der Waals surface area contributed by atoms with E-state index in [1.165, 1.54) is 5.56 Å². The van der Waals surface area contributed by atoms with Crippen LogP contribution >= 0.6 is 12.2 Å². The van der Waals surface area contributed by atoms with Crippen molar-refractivity contribution in [3.05, 3.63) is 95.1 Å². The maximum atomic E-state index is 5.97. The first-order valence-electron chi connectivity index (χ1n) is 10.2. The first-order valence-corrected chi connectivity index (χ1v) is 10.6. The van der Waals surface area contributed by atoms with E-state index in [4.69, 9.17) is 21.7 Å². The highest BCUT2D eigenvalue weighted by atomic mass is 32.1. The summed E-state index contributed by atoms with van der Waals surface area (Å²) in [5.41, 5.74) is 7.20. The molecule has 0 aliphatic heterocycles. The van der Waals surface area contributed by atoms with Crippen LogP contribution in [-0.2, 0) is 13.2 Å². The third-order valence-electron chi connectivity index (χ3n) is 4.46. The predicted octanol–water partition coefficient (Wildman–Crippen LogP) is 4.97. The molecule has 0 atom stereocenters. The van der Waals surface area contributed by atoms with E-state index in [-0.39, 0.29) is 0 Å². The lowest BCUT2D eigenvalue weighted by Crippen LogP contribution is -2.31. The number of hydrogen-bond donors (Lipinski definition) is 2. The van der Waals surface area contributed by atoms with Crippen molar-refractivity contribution in [1.29, 1.82) is 0 Å². The number of ether oxygens (including phenoxy) is 2. The van der Waals surface area contributed by atoms with E-state index in [1.807, 2.05) is 55.5 Å². The minimum atomic E-state index is 0.461. The molecule has 0 saturated heterocycles. The molecule has 0 aromatic heterocycles. The van der Waals surface area contributed by atoms with Gasteiger partial charge in [-0.2, -0.15) is 5.10 Å². The van der Waals surface area contributed by atoms with Crippen LogP contribution in [0.5, 0.6) is 11.5 Å². The molecule has 0 fully saturated rings. The predicted molar refractivity (Wildman–Crippen MR) is 130 cm³/mol. The molecule has 6 heteroatoms. The van der Waals surface area contributed by atoms with E-state index in [2.05, 4.69) is 47.0 Å². The van der Waals surface area contributed by atoms with Gasteiger partial charge in [-0.05, 0) is 61.0 Å². The van der Waals surface area contributed by atoms with Gasteiger partial charge in [0, 0.05) is 6.54 Å². The van der Waals surface area contributed by atoms with Gasteiger partial charge in [0.25, 0.3) is 0 Å². The summed E-state index contributed by atoms with van der Waals surface area (Å²) in [5, 5.41) is 7.80. The van der Waals surface area contributed by atoms with Crippen molar-refractivity contribution in [2.75, 3.05) is 6.61 Å². The van der Waals surface area contributed by atoms with E-state index < -0.39 is 0 Å². The van der Waals surface area contributed by atoms with Crippen LogP contribution in [0.3, 0.4) is 0 Å². The molecular formula is C25H27N3O2S. The van der Waals surface area contributed by atoms with E-state index >= 15 is 0 Å². The average molecular weight is 434 g/mol. The second-order valence-corrected chi connectivity index (χ2v) is 7.36. The highest BCUT2D eigenvalue weighted by Gasteiger charge is 2.07. The highest BCUT2D eigenvalue weighted by molar-refractivity contribution is 7.80. The van der Waals surface area contributed by atoms with Crippen molar-refractivity contribution < 1.29 is 9.47 Å². The normalized spacial score (nSPS) is 10.6. The molecule has 0 spiro atoms. The standard InChI is InChI=1S/C25H27N3O2S/c1-3-29-24-15-22(13-14-23(24)30-18-21-11-9-19(2)10-12-21)17-27-28-25(31)26-16-20-7-5-4-6-8-20/h4-15,17H,3,16,18H2,1-2H3,(H2,26,28,31)/b27-17+. The van der Waals surface area contributed by atoms with Gasteiger partial charge in [-0.25, -0.2) is 0 Å². The fraction of sp³-hybridized carbons (Fsp3) is 0.200. The number of aryl methyl sites for hydroxylation is 1. The summed E-state index contributed by atoms with van der Waals surface area (Å²) in [6.07, 6.45) is 1.70. The smallest absolute Gasteiger partial charge is 0.187 e. The Morgan fingerprint density at radius 3 is 2.45 bits per heavy atom. The number of rotatable bonds is 9. The van der Waals surface area contributed by atoms with Gasteiger partial charge in [-0.1, -0.05) is 60.2 Å². The van der Waals surface area contributed by atoms with Crippen LogP contribution in [0.1, 0.15) is 29.2 Å². The lowest BCUT2D eigenvalue weighted by Gasteiger charge is -2.13. The SMILES string of the molecule is CCOc1cc(/C=N/NC(=S)NCc2ccccc2)ccc1OCc1ccc(C)cc1. The van der Waals surface area contributed by atoms with Gasteiger partial charge in [0.15, 0.2) is 16.6 Å². The van der Waals surface area contributed by atoms with Crippen molar-refractivity contribution in [2.45, 2.75) is 27.0 Å². The largest absolute Gasteiger partial charge is 0.490 e. The van der Waals surface area contributed by atoms with Crippen LogP contribution < -0.4 is 20.2 Å². The average Bonchev–Trinajstić information content (AvgIpc) is 2.79. The molecule has 0 saturated carbocycles. The molecule has 0 radical (unpaired) electrons. The first kappa shape index (κ1) is 22.3. The van der Waals surface area contributed by atoms with Crippen molar-refractivity contribution in [3.63, 3.8) is 0 Å². The zero-order valence-corrected chi connectivity index (χ0v) is 18.6. The molecule has 3 aromatic carbocycles. The van der Waals surface area contributed by atoms with Crippen LogP contribution in [0.15, 0.2) is 77.9 Å². The van der Waals surface area contributed by atoms with Crippen LogP contribution in [0.2, 0.25) is 0 Å². The molecule has 0 heterocycles. The van der Waals surface area contributed by atoms with Gasteiger partial charge >= 0.3 is 0 Å². The zero-order valence-electron chi connectivity index (χ0n) is 17.8. The molecule has 0 bridgehead atoms. The van der Waals surface area contributed by atoms with Crippen molar-refractivity contribution >= 4 is 23.5 Å². The Balaban J connectivity index is 1.55. The molecule has 3 rings (SSSR count). The molecule has 160 valence electrons. The van der Waals surface area contributed by atoms with Gasteiger partial charge in [-0.15, -0.1) is 0 Å². The van der Waals surface area contributed by atoms with Gasteiger partial charge in [0.2, 0.25) is 0 Å². The number of nitrogens with one attached hydrogen (secondary N) is 2. The Kier molecular flexibility index (Phi) is 8.43. The second-order valence-electron chi connectivity index (χ2n) is 6.95. The van der Waals surface area contributed by atoms with Crippen LogP contribution in [0.25, 0.3) is 0 Å². The van der Waals surface area contributed by atoms with Crippen molar-refractivity contribution in [2.24, 2.45) is 5.10 Å². The summed E-state index contributed by atoms with van der Waals surface area (Å²) >= 11 is 5.26. The van der Waals surface area contributed by atoms with E-state index in [9.17, 15) is 0 Å². The van der Waals surface area contributed by atoms with Crippen LogP contribution in [-0.4, -0.2) is 17.9 Å². The fourth-order valence-corrected chi connectivity index (χ4v) is 2.95. The zero-order chi connectivity index (χ0) is 21.9. The molecule has 31 heavy (non-hydrogen) atoms. The third-order valence-corrected chi connectivity index (χ3v) is 4.69. The van der Waals surface area contributed by atoms with Gasteiger partial charge in [-0.3, -0.25) is 5.43 Å². The molecular weight excluding hydrogens is 406 g/mol.